The number of rotatable bonds is 5. The Morgan fingerprint density at radius 1 is 1.28 bits per heavy atom. The van der Waals surface area contributed by atoms with Crippen molar-refractivity contribution in [1.29, 1.82) is 0 Å². The van der Waals surface area contributed by atoms with Gasteiger partial charge >= 0.3 is 0 Å². The highest BCUT2D eigenvalue weighted by Gasteiger charge is 2.11. The highest BCUT2D eigenvalue weighted by Crippen LogP contribution is 2.26. The van der Waals surface area contributed by atoms with E-state index in [1.54, 1.807) is 7.11 Å². The van der Waals surface area contributed by atoms with Gasteiger partial charge < -0.3 is 10.5 Å². The fourth-order valence-electron chi connectivity index (χ4n) is 2.09. The summed E-state index contributed by atoms with van der Waals surface area (Å²) >= 11 is 0. The summed E-state index contributed by atoms with van der Waals surface area (Å²) in [4.78, 5) is 0. The van der Waals surface area contributed by atoms with Crippen molar-refractivity contribution in [3.05, 3.63) is 36.0 Å². The van der Waals surface area contributed by atoms with Gasteiger partial charge in [-0.25, -0.2) is 0 Å². The van der Waals surface area contributed by atoms with Crippen molar-refractivity contribution in [2.45, 2.75) is 19.9 Å². The molecule has 0 radical (unpaired) electrons. The van der Waals surface area contributed by atoms with Gasteiger partial charge in [0.05, 0.1) is 19.0 Å². The molecular weight excluding hydrogens is 226 g/mol. The van der Waals surface area contributed by atoms with Crippen LogP contribution < -0.4 is 10.5 Å². The molecule has 0 fully saturated rings. The van der Waals surface area contributed by atoms with Gasteiger partial charge in [0.25, 0.3) is 0 Å². The Labute approximate surface area is 107 Å². The molecule has 0 atom stereocenters. The molecule has 0 saturated heterocycles. The molecule has 0 aliphatic rings. The Morgan fingerprint density at radius 2 is 2.00 bits per heavy atom. The SMILES string of the molecule is CCn1ncc(CCN)c1-c1ccc(OC)cc1. The Kier molecular flexibility index (Phi) is 3.99. The minimum Gasteiger partial charge on any atom is -0.497 e. The third-order valence-corrected chi connectivity index (χ3v) is 2.99. The highest BCUT2D eigenvalue weighted by molar-refractivity contribution is 5.64. The van der Waals surface area contributed by atoms with E-state index in [0.29, 0.717) is 6.54 Å². The second-order valence-electron chi connectivity index (χ2n) is 4.10. The fourth-order valence-corrected chi connectivity index (χ4v) is 2.09. The maximum Gasteiger partial charge on any atom is 0.118 e. The van der Waals surface area contributed by atoms with E-state index >= 15 is 0 Å². The molecule has 2 rings (SSSR count). The zero-order valence-electron chi connectivity index (χ0n) is 10.9. The zero-order valence-corrected chi connectivity index (χ0v) is 10.9. The number of nitrogens with zero attached hydrogens (tertiary/aromatic N) is 2. The quantitative estimate of drug-likeness (QED) is 0.877. The molecule has 0 aliphatic carbocycles. The molecule has 2 N–H and O–H groups in total. The van der Waals surface area contributed by atoms with Gasteiger partial charge in [0.15, 0.2) is 0 Å². The van der Waals surface area contributed by atoms with Crippen molar-refractivity contribution in [3.63, 3.8) is 0 Å². The number of nitrogens with two attached hydrogens (primary N) is 1. The molecule has 2 aromatic rings. The Bertz CT molecular complexity index is 502. The normalized spacial score (nSPS) is 10.6. The molecule has 1 aromatic carbocycles. The van der Waals surface area contributed by atoms with E-state index < -0.39 is 0 Å². The first-order valence-corrected chi connectivity index (χ1v) is 6.19. The highest BCUT2D eigenvalue weighted by atomic mass is 16.5. The standard InChI is InChI=1S/C14H19N3O/c1-3-17-14(12(8-9-15)10-16-17)11-4-6-13(18-2)7-5-11/h4-7,10H,3,8-9,15H2,1-2H3. The molecule has 4 heteroatoms. The summed E-state index contributed by atoms with van der Waals surface area (Å²) < 4.78 is 7.19. The van der Waals surface area contributed by atoms with Crippen LogP contribution in [0.3, 0.4) is 0 Å². The van der Waals surface area contributed by atoms with Crippen LogP contribution in [0.2, 0.25) is 0 Å². The molecule has 96 valence electrons. The molecule has 0 amide bonds. The van der Waals surface area contributed by atoms with Gasteiger partial charge in [0.1, 0.15) is 5.75 Å². The van der Waals surface area contributed by atoms with Crippen LogP contribution in [0.4, 0.5) is 0 Å². The number of ether oxygens (including phenoxy) is 1. The smallest absolute Gasteiger partial charge is 0.118 e. The van der Waals surface area contributed by atoms with Gasteiger partial charge in [-0.3, -0.25) is 4.68 Å². The number of hydrogen-bond donors (Lipinski definition) is 1. The molecular formula is C14H19N3O. The lowest BCUT2D eigenvalue weighted by atomic mass is 10.1. The van der Waals surface area contributed by atoms with Crippen LogP contribution in [0.15, 0.2) is 30.5 Å². The summed E-state index contributed by atoms with van der Waals surface area (Å²) in [6.07, 6.45) is 2.76. The molecule has 1 aromatic heterocycles. The van der Waals surface area contributed by atoms with Crippen LogP contribution in [-0.2, 0) is 13.0 Å². The molecule has 0 aliphatic heterocycles. The van der Waals surface area contributed by atoms with Gasteiger partial charge in [-0.2, -0.15) is 5.10 Å². The van der Waals surface area contributed by atoms with Crippen LogP contribution in [0.25, 0.3) is 11.3 Å². The maximum absolute atomic E-state index is 5.65. The maximum atomic E-state index is 5.65. The number of methoxy groups -OCH3 is 1. The van der Waals surface area contributed by atoms with Crippen LogP contribution in [0, 0.1) is 0 Å². The second kappa shape index (κ2) is 5.69. The largest absolute Gasteiger partial charge is 0.497 e. The summed E-state index contributed by atoms with van der Waals surface area (Å²) in [5, 5.41) is 4.40. The number of hydrogen-bond acceptors (Lipinski definition) is 3. The second-order valence-corrected chi connectivity index (χ2v) is 4.10. The molecule has 0 unspecified atom stereocenters. The summed E-state index contributed by atoms with van der Waals surface area (Å²) in [5.74, 6) is 0.863. The van der Waals surface area contributed by atoms with E-state index in [0.717, 1.165) is 30.0 Å². The minimum atomic E-state index is 0.637. The van der Waals surface area contributed by atoms with E-state index in [9.17, 15) is 0 Å². The molecule has 18 heavy (non-hydrogen) atoms. The molecule has 0 spiro atoms. The van der Waals surface area contributed by atoms with Gasteiger partial charge in [-0.05, 0) is 49.7 Å². The third-order valence-electron chi connectivity index (χ3n) is 2.99. The molecule has 0 bridgehead atoms. The number of aryl methyl sites for hydroxylation is 1. The van der Waals surface area contributed by atoms with Crippen LogP contribution in [0.1, 0.15) is 12.5 Å². The summed E-state index contributed by atoms with van der Waals surface area (Å²) in [6.45, 7) is 3.58. The average molecular weight is 245 g/mol. The predicted octanol–water partition coefficient (Wildman–Crippen LogP) is 2.08. The van der Waals surface area contributed by atoms with E-state index in [1.165, 1.54) is 5.56 Å². The molecule has 4 nitrogen and oxygen atoms in total. The van der Waals surface area contributed by atoms with Gasteiger partial charge in [-0.1, -0.05) is 0 Å². The van der Waals surface area contributed by atoms with E-state index in [2.05, 4.69) is 24.2 Å². The average Bonchev–Trinajstić information content (AvgIpc) is 2.82. The Morgan fingerprint density at radius 3 is 2.56 bits per heavy atom. The molecule has 0 saturated carbocycles. The third kappa shape index (κ3) is 2.38. The Hall–Kier alpha value is -1.81. The van der Waals surface area contributed by atoms with Crippen molar-refractivity contribution in [2.75, 3.05) is 13.7 Å². The minimum absolute atomic E-state index is 0.637. The summed E-state index contributed by atoms with van der Waals surface area (Å²) in [5.41, 5.74) is 9.15. The van der Waals surface area contributed by atoms with Crippen molar-refractivity contribution >= 4 is 0 Å². The number of aromatic nitrogens is 2. The Balaban J connectivity index is 2.43. The summed E-state index contributed by atoms with van der Waals surface area (Å²) in [7, 11) is 1.67. The monoisotopic (exact) mass is 245 g/mol. The van der Waals surface area contributed by atoms with Crippen LogP contribution in [0.5, 0.6) is 5.75 Å². The lowest BCUT2D eigenvalue weighted by Crippen LogP contribution is -2.05. The van der Waals surface area contributed by atoms with Crippen molar-refractivity contribution < 1.29 is 4.74 Å². The van der Waals surface area contributed by atoms with Gasteiger partial charge in [0.2, 0.25) is 0 Å². The first-order valence-electron chi connectivity index (χ1n) is 6.19. The van der Waals surface area contributed by atoms with Crippen LogP contribution in [-0.4, -0.2) is 23.4 Å². The predicted molar refractivity (Wildman–Crippen MR) is 72.6 cm³/mol. The lowest BCUT2D eigenvalue weighted by Gasteiger charge is -2.08. The van der Waals surface area contributed by atoms with Gasteiger partial charge in [-0.15, -0.1) is 0 Å². The number of benzene rings is 1. The van der Waals surface area contributed by atoms with E-state index in [4.69, 9.17) is 10.5 Å². The zero-order chi connectivity index (χ0) is 13.0. The first kappa shape index (κ1) is 12.6. The van der Waals surface area contributed by atoms with Crippen molar-refractivity contribution in [1.82, 2.24) is 9.78 Å². The van der Waals surface area contributed by atoms with E-state index in [-0.39, 0.29) is 0 Å². The van der Waals surface area contributed by atoms with Crippen molar-refractivity contribution in [3.8, 4) is 17.0 Å². The summed E-state index contributed by atoms with van der Waals surface area (Å²) in [6, 6.07) is 8.05. The fraction of sp³-hybridized carbons (Fsp3) is 0.357. The van der Waals surface area contributed by atoms with Crippen LogP contribution >= 0.6 is 0 Å². The van der Waals surface area contributed by atoms with E-state index in [1.807, 2.05) is 23.0 Å². The van der Waals surface area contributed by atoms with Gasteiger partial charge in [0, 0.05) is 12.1 Å². The lowest BCUT2D eigenvalue weighted by molar-refractivity contribution is 0.415. The topological polar surface area (TPSA) is 53.1 Å². The van der Waals surface area contributed by atoms with Crippen molar-refractivity contribution in [2.24, 2.45) is 5.73 Å². The molecule has 1 heterocycles. The first-order chi connectivity index (χ1) is 8.80.